The molecule has 0 spiro atoms. The molecule has 6 nitrogen and oxygen atoms in total. The molecule has 2 aromatic carbocycles. The van der Waals surface area contributed by atoms with Gasteiger partial charge in [0.05, 0.1) is 30.7 Å². The van der Waals surface area contributed by atoms with Crippen molar-refractivity contribution >= 4 is 17.5 Å². The van der Waals surface area contributed by atoms with Gasteiger partial charge in [0.15, 0.2) is 0 Å². The SMILES string of the molecule is CC(C)CCOc1ccc(C(=O)Nc2ccccc2C(=O)NCc2ccco2)cc1. The molecule has 0 aliphatic rings. The third-order valence-corrected chi connectivity index (χ3v) is 4.50. The molecule has 3 aromatic rings. The minimum Gasteiger partial charge on any atom is -0.494 e. The van der Waals surface area contributed by atoms with E-state index in [-0.39, 0.29) is 18.4 Å². The molecular weight excluding hydrogens is 380 g/mol. The molecule has 0 saturated carbocycles. The first-order chi connectivity index (χ1) is 14.5. The zero-order chi connectivity index (χ0) is 21.3. The van der Waals surface area contributed by atoms with Crippen LogP contribution in [0.1, 0.15) is 46.7 Å². The molecule has 3 rings (SSSR count). The van der Waals surface area contributed by atoms with Crippen LogP contribution in [0.2, 0.25) is 0 Å². The number of nitrogens with one attached hydrogen (secondary N) is 2. The van der Waals surface area contributed by atoms with Crippen LogP contribution in [0.25, 0.3) is 0 Å². The van der Waals surface area contributed by atoms with Crippen molar-refractivity contribution in [1.29, 1.82) is 0 Å². The fourth-order valence-corrected chi connectivity index (χ4v) is 2.78. The van der Waals surface area contributed by atoms with Gasteiger partial charge in [0.2, 0.25) is 0 Å². The quantitative estimate of drug-likeness (QED) is 0.530. The van der Waals surface area contributed by atoms with Crippen LogP contribution in [0.5, 0.6) is 5.75 Å². The van der Waals surface area contributed by atoms with Gasteiger partial charge in [-0.05, 0) is 60.9 Å². The number of carbonyl (C=O) groups is 2. The van der Waals surface area contributed by atoms with Gasteiger partial charge in [0.25, 0.3) is 11.8 Å². The van der Waals surface area contributed by atoms with Crippen molar-refractivity contribution in [2.24, 2.45) is 5.92 Å². The Morgan fingerprint density at radius 2 is 1.73 bits per heavy atom. The maximum atomic E-state index is 12.6. The molecule has 0 aliphatic carbocycles. The highest BCUT2D eigenvalue weighted by Crippen LogP contribution is 2.18. The second kappa shape index (κ2) is 10.3. The molecular formula is C24H26N2O4. The number of furan rings is 1. The molecule has 0 bridgehead atoms. The van der Waals surface area contributed by atoms with E-state index in [0.29, 0.717) is 35.1 Å². The van der Waals surface area contributed by atoms with Crippen molar-refractivity contribution in [3.8, 4) is 5.75 Å². The summed E-state index contributed by atoms with van der Waals surface area (Å²) in [4.78, 5) is 25.2. The Labute approximate surface area is 176 Å². The summed E-state index contributed by atoms with van der Waals surface area (Å²) in [6.45, 7) is 5.20. The van der Waals surface area contributed by atoms with Crippen LogP contribution in [0, 0.1) is 5.92 Å². The Hall–Kier alpha value is -3.54. The summed E-state index contributed by atoms with van der Waals surface area (Å²) in [6, 6.07) is 17.4. The highest BCUT2D eigenvalue weighted by molar-refractivity contribution is 6.09. The van der Waals surface area contributed by atoms with Gasteiger partial charge in [-0.1, -0.05) is 26.0 Å². The Kier molecular flexibility index (Phi) is 7.27. The smallest absolute Gasteiger partial charge is 0.255 e. The number of benzene rings is 2. The lowest BCUT2D eigenvalue weighted by molar-refractivity contribution is 0.0949. The van der Waals surface area contributed by atoms with Crippen molar-refractivity contribution in [2.75, 3.05) is 11.9 Å². The van der Waals surface area contributed by atoms with Crippen molar-refractivity contribution in [2.45, 2.75) is 26.8 Å². The topological polar surface area (TPSA) is 80.6 Å². The van der Waals surface area contributed by atoms with Gasteiger partial charge in [-0.25, -0.2) is 0 Å². The Morgan fingerprint density at radius 1 is 0.967 bits per heavy atom. The predicted octanol–water partition coefficient (Wildman–Crippen LogP) is 4.89. The van der Waals surface area contributed by atoms with Crippen molar-refractivity contribution in [3.63, 3.8) is 0 Å². The van der Waals surface area contributed by atoms with E-state index in [1.807, 2.05) is 0 Å². The van der Waals surface area contributed by atoms with Gasteiger partial charge in [-0.2, -0.15) is 0 Å². The molecule has 6 heteroatoms. The number of para-hydroxylation sites is 1. The van der Waals surface area contributed by atoms with Gasteiger partial charge >= 0.3 is 0 Å². The molecule has 2 N–H and O–H groups in total. The molecule has 0 unspecified atom stereocenters. The molecule has 0 aliphatic heterocycles. The van der Waals surface area contributed by atoms with Gasteiger partial charge < -0.3 is 19.8 Å². The predicted molar refractivity (Wildman–Crippen MR) is 116 cm³/mol. The monoisotopic (exact) mass is 406 g/mol. The molecule has 0 fully saturated rings. The van der Waals surface area contributed by atoms with Crippen LogP contribution in [-0.4, -0.2) is 18.4 Å². The number of rotatable bonds is 9. The summed E-state index contributed by atoms with van der Waals surface area (Å²) in [6.07, 6.45) is 2.53. The summed E-state index contributed by atoms with van der Waals surface area (Å²) >= 11 is 0. The van der Waals surface area contributed by atoms with E-state index >= 15 is 0 Å². The molecule has 156 valence electrons. The third kappa shape index (κ3) is 5.98. The average molecular weight is 406 g/mol. The first-order valence-corrected chi connectivity index (χ1v) is 9.96. The number of ether oxygens (including phenoxy) is 1. The molecule has 1 heterocycles. The van der Waals surface area contributed by atoms with Crippen LogP contribution >= 0.6 is 0 Å². The van der Waals surface area contributed by atoms with Crippen LogP contribution in [0.4, 0.5) is 5.69 Å². The number of hydrogen-bond donors (Lipinski definition) is 2. The van der Waals surface area contributed by atoms with Crippen molar-refractivity contribution in [1.82, 2.24) is 5.32 Å². The van der Waals surface area contributed by atoms with E-state index < -0.39 is 0 Å². The summed E-state index contributed by atoms with van der Waals surface area (Å²) in [7, 11) is 0. The van der Waals surface area contributed by atoms with Crippen LogP contribution in [0.15, 0.2) is 71.3 Å². The summed E-state index contributed by atoms with van der Waals surface area (Å²) < 4.78 is 10.9. The zero-order valence-corrected chi connectivity index (χ0v) is 17.2. The van der Waals surface area contributed by atoms with E-state index in [2.05, 4.69) is 24.5 Å². The van der Waals surface area contributed by atoms with Gasteiger partial charge in [-0.3, -0.25) is 9.59 Å². The molecule has 1 aromatic heterocycles. The maximum Gasteiger partial charge on any atom is 0.255 e. The van der Waals surface area contributed by atoms with E-state index in [1.165, 1.54) is 0 Å². The maximum absolute atomic E-state index is 12.6. The fraction of sp³-hybridized carbons (Fsp3) is 0.250. The highest BCUT2D eigenvalue weighted by atomic mass is 16.5. The standard InChI is InChI=1S/C24H26N2O4/c1-17(2)13-15-30-19-11-9-18(10-12-19)23(27)26-22-8-4-3-7-21(22)24(28)25-16-20-6-5-14-29-20/h3-12,14,17H,13,15-16H2,1-2H3,(H,25,28)(H,26,27). The van der Waals surface area contributed by atoms with Crippen LogP contribution in [-0.2, 0) is 6.54 Å². The second-order valence-corrected chi connectivity index (χ2v) is 7.32. The van der Waals surface area contributed by atoms with Crippen LogP contribution in [0.3, 0.4) is 0 Å². The van der Waals surface area contributed by atoms with Gasteiger partial charge in [-0.15, -0.1) is 0 Å². The lowest BCUT2D eigenvalue weighted by atomic mass is 10.1. The summed E-state index contributed by atoms with van der Waals surface area (Å²) in [5.41, 5.74) is 1.31. The second-order valence-electron chi connectivity index (χ2n) is 7.32. The largest absolute Gasteiger partial charge is 0.494 e. The normalized spacial score (nSPS) is 10.6. The van der Waals surface area contributed by atoms with E-state index in [4.69, 9.17) is 9.15 Å². The third-order valence-electron chi connectivity index (χ3n) is 4.50. The van der Waals surface area contributed by atoms with E-state index in [1.54, 1.807) is 66.9 Å². The average Bonchev–Trinajstić information content (AvgIpc) is 3.26. The van der Waals surface area contributed by atoms with E-state index in [0.717, 1.165) is 12.2 Å². The molecule has 30 heavy (non-hydrogen) atoms. The number of anilines is 1. The lowest BCUT2D eigenvalue weighted by Gasteiger charge is -2.12. The Balaban J connectivity index is 1.61. The number of amides is 2. The van der Waals surface area contributed by atoms with Crippen molar-refractivity contribution in [3.05, 3.63) is 83.8 Å². The minimum atomic E-state index is -0.296. The lowest BCUT2D eigenvalue weighted by Crippen LogP contribution is -2.24. The first-order valence-electron chi connectivity index (χ1n) is 9.96. The Bertz CT molecular complexity index is 963. The number of carbonyl (C=O) groups excluding carboxylic acids is 2. The minimum absolute atomic E-state index is 0.270. The highest BCUT2D eigenvalue weighted by Gasteiger charge is 2.14. The van der Waals surface area contributed by atoms with Gasteiger partial charge in [0.1, 0.15) is 11.5 Å². The summed E-state index contributed by atoms with van der Waals surface area (Å²) in [5, 5.41) is 5.60. The molecule has 0 radical (unpaired) electrons. The van der Waals surface area contributed by atoms with Crippen LogP contribution < -0.4 is 15.4 Å². The van der Waals surface area contributed by atoms with E-state index in [9.17, 15) is 9.59 Å². The molecule has 2 amide bonds. The Morgan fingerprint density at radius 3 is 2.43 bits per heavy atom. The zero-order valence-electron chi connectivity index (χ0n) is 17.2. The van der Waals surface area contributed by atoms with Gasteiger partial charge in [0, 0.05) is 5.56 Å². The molecule has 0 atom stereocenters. The fourth-order valence-electron chi connectivity index (χ4n) is 2.78. The van der Waals surface area contributed by atoms with Crippen molar-refractivity contribution < 1.29 is 18.7 Å². The number of hydrogen-bond acceptors (Lipinski definition) is 4. The molecule has 0 saturated heterocycles. The summed E-state index contributed by atoms with van der Waals surface area (Å²) in [5.74, 6) is 1.36. The first kappa shape index (κ1) is 21.2.